The van der Waals surface area contributed by atoms with E-state index in [0.29, 0.717) is 23.6 Å². The third kappa shape index (κ3) is 5.14. The molecule has 0 aliphatic heterocycles. The van der Waals surface area contributed by atoms with E-state index in [2.05, 4.69) is 13.8 Å². The first-order valence-electron chi connectivity index (χ1n) is 11.4. The summed E-state index contributed by atoms with van der Waals surface area (Å²) in [7, 11) is 0. The molecule has 180 valence electrons. The van der Waals surface area contributed by atoms with Gasteiger partial charge in [0.15, 0.2) is 5.69 Å². The van der Waals surface area contributed by atoms with Crippen LogP contribution in [0.4, 0.5) is 0 Å². The van der Waals surface area contributed by atoms with Crippen molar-refractivity contribution in [1.29, 1.82) is 0 Å². The predicted molar refractivity (Wildman–Crippen MR) is 132 cm³/mol. The molecule has 34 heavy (non-hydrogen) atoms. The maximum Gasteiger partial charge on any atom is 0.354 e. The molecule has 0 aliphatic carbocycles. The van der Waals surface area contributed by atoms with Gasteiger partial charge in [-0.1, -0.05) is 56.3 Å². The number of nitrogens with zero attached hydrogens (tertiary/aromatic N) is 2. The molecule has 0 amide bonds. The van der Waals surface area contributed by atoms with Crippen molar-refractivity contribution in [2.24, 2.45) is 5.92 Å². The highest BCUT2D eigenvalue weighted by atomic mass is 16.4. The molecule has 0 aliphatic rings. The number of aromatic carboxylic acids is 2. The van der Waals surface area contributed by atoms with Crippen LogP contribution in [0.5, 0.6) is 0 Å². The van der Waals surface area contributed by atoms with Gasteiger partial charge in [-0.05, 0) is 62.3 Å². The molecule has 0 spiro atoms. The van der Waals surface area contributed by atoms with Crippen molar-refractivity contribution in [2.45, 2.75) is 59.5 Å². The molecular formula is C27H32N2O5. The van der Waals surface area contributed by atoms with Crippen molar-refractivity contribution in [3.8, 4) is 11.1 Å². The summed E-state index contributed by atoms with van der Waals surface area (Å²) in [6.45, 7) is 9.84. The third-order valence-corrected chi connectivity index (χ3v) is 5.84. The van der Waals surface area contributed by atoms with Crippen LogP contribution in [0.25, 0.3) is 11.1 Å². The number of carboxylic acid groups (broad SMARTS) is 2. The number of aromatic nitrogens is 2. The molecule has 1 heterocycles. The Morgan fingerprint density at radius 1 is 0.941 bits per heavy atom. The molecule has 0 bridgehead atoms. The van der Waals surface area contributed by atoms with Crippen LogP contribution in [0.3, 0.4) is 0 Å². The Labute approximate surface area is 199 Å². The lowest BCUT2D eigenvalue weighted by atomic mass is 9.98. The molecule has 2 aromatic carbocycles. The van der Waals surface area contributed by atoms with Crippen molar-refractivity contribution < 1.29 is 19.8 Å². The zero-order valence-electron chi connectivity index (χ0n) is 20.3. The van der Waals surface area contributed by atoms with Gasteiger partial charge in [0.1, 0.15) is 0 Å². The summed E-state index contributed by atoms with van der Waals surface area (Å²) in [5.41, 5.74) is 1.96. The number of rotatable bonds is 8. The number of hydrogen-bond donors (Lipinski definition) is 2. The van der Waals surface area contributed by atoms with Gasteiger partial charge in [-0.3, -0.25) is 9.13 Å². The Bertz CT molecular complexity index is 1260. The highest BCUT2D eigenvalue weighted by Gasteiger charge is 2.30. The Morgan fingerprint density at radius 3 is 2.09 bits per heavy atom. The highest BCUT2D eigenvalue weighted by Crippen LogP contribution is 2.25. The Hall–Kier alpha value is -3.61. The summed E-state index contributed by atoms with van der Waals surface area (Å²) in [6, 6.07) is 14.2. The van der Waals surface area contributed by atoms with Crippen molar-refractivity contribution in [1.82, 2.24) is 9.13 Å². The van der Waals surface area contributed by atoms with Crippen LogP contribution in [0.2, 0.25) is 0 Å². The lowest BCUT2D eigenvalue weighted by Crippen LogP contribution is -2.37. The average Bonchev–Trinajstić information content (AvgIpc) is 3.04. The first-order valence-corrected chi connectivity index (χ1v) is 11.4. The van der Waals surface area contributed by atoms with Crippen LogP contribution >= 0.6 is 0 Å². The van der Waals surface area contributed by atoms with Crippen molar-refractivity contribution in [2.75, 3.05) is 0 Å². The Morgan fingerprint density at radius 2 is 1.56 bits per heavy atom. The fourth-order valence-electron chi connectivity index (χ4n) is 4.17. The van der Waals surface area contributed by atoms with E-state index in [-0.39, 0.29) is 23.5 Å². The van der Waals surface area contributed by atoms with E-state index in [1.54, 1.807) is 28.8 Å². The molecule has 2 N–H and O–H groups in total. The van der Waals surface area contributed by atoms with Crippen LogP contribution in [0, 0.1) is 5.92 Å². The Balaban J connectivity index is 2.06. The smallest absolute Gasteiger partial charge is 0.354 e. The molecule has 7 nitrogen and oxygen atoms in total. The predicted octanol–water partition coefficient (Wildman–Crippen LogP) is 5.11. The van der Waals surface area contributed by atoms with Crippen LogP contribution in [-0.4, -0.2) is 31.3 Å². The number of imidazole rings is 1. The largest absolute Gasteiger partial charge is 0.478 e. The van der Waals surface area contributed by atoms with Gasteiger partial charge in [0.2, 0.25) is 0 Å². The molecule has 1 aromatic heterocycles. The zero-order chi connectivity index (χ0) is 25.2. The first-order chi connectivity index (χ1) is 15.9. The van der Waals surface area contributed by atoms with Crippen LogP contribution < -0.4 is 5.69 Å². The van der Waals surface area contributed by atoms with E-state index >= 15 is 0 Å². The van der Waals surface area contributed by atoms with Gasteiger partial charge in [-0.2, -0.15) is 0 Å². The van der Waals surface area contributed by atoms with Gasteiger partial charge in [0.05, 0.1) is 17.8 Å². The number of carboxylic acids is 2. The quantitative estimate of drug-likeness (QED) is 0.483. The molecule has 0 radical (unpaired) electrons. The highest BCUT2D eigenvalue weighted by molar-refractivity contribution is 5.96. The van der Waals surface area contributed by atoms with Gasteiger partial charge >= 0.3 is 17.6 Å². The summed E-state index contributed by atoms with van der Waals surface area (Å²) < 4.78 is 2.94. The monoisotopic (exact) mass is 464 g/mol. The van der Waals surface area contributed by atoms with Crippen molar-refractivity contribution in [3.63, 3.8) is 0 Å². The van der Waals surface area contributed by atoms with Crippen molar-refractivity contribution in [3.05, 3.63) is 81.5 Å². The molecular weight excluding hydrogens is 432 g/mol. The standard InChI is InChI=1S/C27H32N2O5/c1-17(2)10-15-22-23(25(32)33)29(27(3,4)5)26(34)28(22)16-18-11-13-19(14-12-18)20-8-6-7-9-21(20)24(30)31/h6-9,11-14,17H,10,15-16H2,1-5H3,(H,30,31)(H,32,33). The van der Waals surface area contributed by atoms with E-state index < -0.39 is 17.5 Å². The van der Waals surface area contributed by atoms with E-state index in [0.717, 1.165) is 17.5 Å². The second kappa shape index (κ2) is 9.71. The van der Waals surface area contributed by atoms with Crippen LogP contribution in [0.15, 0.2) is 53.3 Å². The fourth-order valence-corrected chi connectivity index (χ4v) is 4.17. The minimum Gasteiger partial charge on any atom is -0.478 e. The lowest BCUT2D eigenvalue weighted by Gasteiger charge is -2.21. The van der Waals surface area contributed by atoms with Gasteiger partial charge in [-0.15, -0.1) is 0 Å². The van der Waals surface area contributed by atoms with E-state index in [1.807, 2.05) is 45.0 Å². The van der Waals surface area contributed by atoms with E-state index in [4.69, 9.17) is 0 Å². The number of carbonyl (C=O) groups is 2. The fraction of sp³-hybridized carbons (Fsp3) is 0.370. The van der Waals surface area contributed by atoms with Gasteiger partial charge in [-0.25, -0.2) is 14.4 Å². The summed E-state index contributed by atoms with van der Waals surface area (Å²) in [5.74, 6) is -1.74. The van der Waals surface area contributed by atoms with E-state index in [9.17, 15) is 24.6 Å². The molecule has 0 unspecified atom stereocenters. The molecule has 0 fully saturated rings. The summed E-state index contributed by atoms with van der Waals surface area (Å²) in [6.07, 6.45) is 1.25. The molecule has 3 rings (SSSR count). The maximum atomic E-state index is 13.4. The van der Waals surface area contributed by atoms with Gasteiger partial charge in [0, 0.05) is 5.54 Å². The summed E-state index contributed by atoms with van der Waals surface area (Å²) in [5, 5.41) is 19.5. The molecule has 0 atom stereocenters. The normalized spacial score (nSPS) is 11.7. The minimum atomic E-state index is -1.11. The second-order valence-corrected chi connectivity index (χ2v) is 9.96. The minimum absolute atomic E-state index is 0.0464. The zero-order valence-corrected chi connectivity index (χ0v) is 20.3. The van der Waals surface area contributed by atoms with E-state index in [1.165, 1.54) is 4.57 Å². The summed E-state index contributed by atoms with van der Waals surface area (Å²) in [4.78, 5) is 37.2. The number of benzene rings is 2. The van der Waals surface area contributed by atoms with Gasteiger partial charge < -0.3 is 10.2 Å². The number of hydrogen-bond acceptors (Lipinski definition) is 3. The first kappa shape index (κ1) is 25.0. The average molecular weight is 465 g/mol. The van der Waals surface area contributed by atoms with Gasteiger partial charge in [0.25, 0.3) is 0 Å². The Kier molecular flexibility index (Phi) is 7.15. The topological polar surface area (TPSA) is 102 Å². The van der Waals surface area contributed by atoms with Crippen LogP contribution in [-0.2, 0) is 18.5 Å². The SMILES string of the molecule is CC(C)CCc1c(C(=O)O)n(C(C)(C)C)c(=O)n1Cc1ccc(-c2ccccc2C(=O)O)cc1. The third-order valence-electron chi connectivity index (χ3n) is 5.84. The maximum absolute atomic E-state index is 13.4. The summed E-state index contributed by atoms with van der Waals surface area (Å²) >= 11 is 0. The second-order valence-electron chi connectivity index (χ2n) is 9.96. The van der Waals surface area contributed by atoms with Crippen molar-refractivity contribution >= 4 is 11.9 Å². The lowest BCUT2D eigenvalue weighted by molar-refractivity contribution is 0.0671. The molecule has 0 saturated carbocycles. The molecule has 3 aromatic rings. The molecule has 0 saturated heterocycles. The molecule has 7 heteroatoms. The van der Waals surface area contributed by atoms with Crippen LogP contribution in [0.1, 0.15) is 73.1 Å².